The van der Waals surface area contributed by atoms with E-state index in [0.29, 0.717) is 5.69 Å². The first-order valence-electron chi connectivity index (χ1n) is 5.01. The van der Waals surface area contributed by atoms with Gasteiger partial charge in [0.2, 0.25) is 0 Å². The summed E-state index contributed by atoms with van der Waals surface area (Å²) in [4.78, 5) is 10.9. The van der Waals surface area contributed by atoms with Crippen LogP contribution in [-0.2, 0) is 4.79 Å². The fourth-order valence-corrected chi connectivity index (χ4v) is 1.40. The summed E-state index contributed by atoms with van der Waals surface area (Å²) in [5.41, 5.74) is 0.661. The average Bonchev–Trinajstić information content (AvgIpc) is 2.34. The van der Waals surface area contributed by atoms with Crippen LogP contribution in [0, 0.1) is 0 Å². The zero-order valence-electron chi connectivity index (χ0n) is 8.88. The van der Waals surface area contributed by atoms with Crippen LogP contribution in [0.4, 0.5) is 10.1 Å². The third kappa shape index (κ3) is 2.68. The van der Waals surface area contributed by atoms with Crippen molar-refractivity contribution < 1.29 is 14.4 Å². The van der Waals surface area contributed by atoms with Crippen LogP contribution in [0.15, 0.2) is 66.2 Å². The Balaban J connectivity index is 2.23. The van der Waals surface area contributed by atoms with Crippen LogP contribution >= 0.6 is 0 Å². The van der Waals surface area contributed by atoms with Crippen LogP contribution in [0.3, 0.4) is 0 Å². The quantitative estimate of drug-likeness (QED) is 0.795. The third-order valence-corrected chi connectivity index (χ3v) is 2.25. The van der Waals surface area contributed by atoms with E-state index < -0.39 is 11.6 Å². The minimum absolute atomic E-state index is 0.149. The van der Waals surface area contributed by atoms with Gasteiger partial charge in [-0.1, -0.05) is 18.2 Å². The second-order valence-corrected chi connectivity index (χ2v) is 3.49. The first-order chi connectivity index (χ1) is 8.16. The second-order valence-electron chi connectivity index (χ2n) is 3.49. The molecule has 0 fully saturated rings. The summed E-state index contributed by atoms with van der Waals surface area (Å²) < 4.78 is 13.4. The molecule has 86 valence electrons. The lowest BCUT2D eigenvalue weighted by molar-refractivity contribution is -0.110. The predicted octanol–water partition coefficient (Wildman–Crippen LogP) is 2.76. The summed E-state index contributed by atoms with van der Waals surface area (Å²) in [6, 6.07) is 8.67. The molecule has 1 aliphatic carbocycles. The first kappa shape index (κ1) is 11.3. The van der Waals surface area contributed by atoms with Crippen molar-refractivity contribution in [2.45, 2.75) is 0 Å². The smallest absolute Gasteiger partial charge is 0.181 e. The van der Waals surface area contributed by atoms with Gasteiger partial charge in [-0.15, -0.1) is 0 Å². The van der Waals surface area contributed by atoms with Gasteiger partial charge in [-0.3, -0.25) is 10.0 Å². The number of hydroxylamine groups is 1. The Kier molecular flexibility index (Phi) is 3.16. The number of hydrogen-bond acceptors (Lipinski definition) is 3. The Labute approximate surface area is 97.7 Å². The number of carbonyl (C=O) groups excluding carboxylic acids is 1. The van der Waals surface area contributed by atoms with Gasteiger partial charge in [0.1, 0.15) is 5.83 Å². The number of carbonyl (C=O) groups is 1. The van der Waals surface area contributed by atoms with Crippen molar-refractivity contribution in [3.8, 4) is 0 Å². The molecule has 0 atom stereocenters. The SMILES string of the molecule is O=C1C=CC(=CN(O)c2ccccc2)C(F)=C1. The van der Waals surface area contributed by atoms with Gasteiger partial charge in [0.25, 0.3) is 0 Å². The highest BCUT2D eigenvalue weighted by atomic mass is 19.1. The molecule has 0 unspecified atom stereocenters. The van der Waals surface area contributed by atoms with Gasteiger partial charge in [-0.25, -0.2) is 9.45 Å². The standard InChI is InChI=1S/C13H10FNO2/c14-13-8-12(16)7-6-10(13)9-15(17)11-4-2-1-3-5-11/h1-9,17H. The summed E-state index contributed by atoms with van der Waals surface area (Å²) in [5, 5.41) is 10.5. The van der Waals surface area contributed by atoms with Crippen molar-refractivity contribution >= 4 is 11.5 Å². The molecule has 17 heavy (non-hydrogen) atoms. The van der Waals surface area contributed by atoms with Crippen molar-refractivity contribution in [2.24, 2.45) is 0 Å². The average molecular weight is 231 g/mol. The van der Waals surface area contributed by atoms with Gasteiger partial charge in [0.15, 0.2) is 5.78 Å². The number of allylic oxidation sites excluding steroid dienone is 5. The molecular weight excluding hydrogens is 221 g/mol. The molecule has 0 amide bonds. The number of anilines is 1. The fraction of sp³-hybridized carbons (Fsp3) is 0. The lowest BCUT2D eigenvalue weighted by atomic mass is 10.1. The van der Waals surface area contributed by atoms with Crippen molar-refractivity contribution in [2.75, 3.05) is 5.06 Å². The zero-order valence-corrected chi connectivity index (χ0v) is 8.88. The van der Waals surface area contributed by atoms with Gasteiger partial charge < -0.3 is 0 Å². The summed E-state index contributed by atoms with van der Waals surface area (Å²) in [6.45, 7) is 0. The third-order valence-electron chi connectivity index (χ3n) is 2.25. The van der Waals surface area contributed by atoms with Crippen LogP contribution in [0.5, 0.6) is 0 Å². The van der Waals surface area contributed by atoms with Crippen molar-refractivity contribution in [1.29, 1.82) is 0 Å². The highest BCUT2D eigenvalue weighted by Gasteiger charge is 2.10. The molecule has 0 aliphatic heterocycles. The van der Waals surface area contributed by atoms with E-state index in [1.54, 1.807) is 24.3 Å². The molecule has 3 nitrogen and oxygen atoms in total. The van der Waals surface area contributed by atoms with Crippen LogP contribution in [-0.4, -0.2) is 11.0 Å². The predicted molar refractivity (Wildman–Crippen MR) is 62.1 cm³/mol. The molecule has 1 aromatic rings. The molecule has 0 aromatic heterocycles. The summed E-state index contributed by atoms with van der Waals surface area (Å²) in [5.74, 6) is -1.06. The Morgan fingerprint density at radius 1 is 1.18 bits per heavy atom. The zero-order chi connectivity index (χ0) is 12.3. The van der Waals surface area contributed by atoms with Crippen molar-refractivity contribution in [1.82, 2.24) is 0 Å². The minimum Gasteiger partial charge on any atom is -0.290 e. The fourth-order valence-electron chi connectivity index (χ4n) is 1.40. The lowest BCUT2D eigenvalue weighted by Gasteiger charge is -2.13. The molecule has 1 N–H and O–H groups in total. The monoisotopic (exact) mass is 231 g/mol. The summed E-state index contributed by atoms with van der Waals surface area (Å²) in [6.07, 6.45) is 4.66. The second kappa shape index (κ2) is 4.76. The highest BCUT2D eigenvalue weighted by molar-refractivity contribution is 6.02. The summed E-state index contributed by atoms with van der Waals surface area (Å²) >= 11 is 0. The Hall–Kier alpha value is -2.20. The molecule has 0 bridgehead atoms. The Morgan fingerprint density at radius 2 is 1.88 bits per heavy atom. The largest absolute Gasteiger partial charge is 0.290 e. The van der Waals surface area contributed by atoms with E-state index in [0.717, 1.165) is 11.1 Å². The number of hydrogen-bond donors (Lipinski definition) is 1. The van der Waals surface area contributed by atoms with E-state index in [2.05, 4.69) is 0 Å². The maximum atomic E-state index is 13.4. The van der Waals surface area contributed by atoms with Crippen molar-refractivity contribution in [3.05, 3.63) is 66.2 Å². The van der Waals surface area contributed by atoms with Crippen LogP contribution in [0.2, 0.25) is 0 Å². The van der Waals surface area contributed by atoms with Gasteiger partial charge in [0.05, 0.1) is 5.69 Å². The van der Waals surface area contributed by atoms with Crippen LogP contribution < -0.4 is 5.06 Å². The maximum Gasteiger partial charge on any atom is 0.181 e. The van der Waals surface area contributed by atoms with Gasteiger partial charge in [0, 0.05) is 17.8 Å². The molecule has 0 saturated carbocycles. The molecular formula is C13H10FNO2. The van der Waals surface area contributed by atoms with Gasteiger partial charge >= 0.3 is 0 Å². The molecule has 1 aliphatic rings. The topological polar surface area (TPSA) is 40.5 Å². The molecule has 2 rings (SSSR count). The van der Waals surface area contributed by atoms with E-state index in [1.165, 1.54) is 18.4 Å². The Bertz CT molecular complexity index is 517. The number of halogens is 1. The normalized spacial score (nSPS) is 17.2. The van der Waals surface area contributed by atoms with Crippen LogP contribution in [0.1, 0.15) is 0 Å². The molecule has 0 heterocycles. The van der Waals surface area contributed by atoms with E-state index in [1.807, 2.05) is 6.07 Å². The minimum atomic E-state index is -0.660. The Morgan fingerprint density at radius 3 is 2.53 bits per heavy atom. The first-order valence-corrected chi connectivity index (χ1v) is 5.01. The van der Waals surface area contributed by atoms with Gasteiger partial charge in [-0.05, 0) is 24.3 Å². The van der Waals surface area contributed by atoms with E-state index >= 15 is 0 Å². The maximum absolute atomic E-state index is 13.4. The lowest BCUT2D eigenvalue weighted by Crippen LogP contribution is -2.11. The number of rotatable bonds is 2. The van der Waals surface area contributed by atoms with E-state index in [9.17, 15) is 14.4 Å². The molecule has 1 aromatic carbocycles. The van der Waals surface area contributed by atoms with Crippen LogP contribution in [0.25, 0.3) is 0 Å². The van der Waals surface area contributed by atoms with Crippen molar-refractivity contribution in [3.63, 3.8) is 0 Å². The number of benzene rings is 1. The van der Waals surface area contributed by atoms with E-state index in [4.69, 9.17) is 0 Å². The number of ketones is 1. The molecule has 4 heteroatoms. The summed E-state index contributed by atoms with van der Waals surface area (Å²) in [7, 11) is 0. The molecule has 0 saturated heterocycles. The number of nitrogens with zero attached hydrogens (tertiary/aromatic N) is 1. The highest BCUT2D eigenvalue weighted by Crippen LogP contribution is 2.20. The van der Waals surface area contributed by atoms with Gasteiger partial charge in [-0.2, -0.15) is 0 Å². The number of para-hydroxylation sites is 1. The molecule has 0 spiro atoms. The molecule has 0 radical (unpaired) electrons. The van der Waals surface area contributed by atoms with E-state index in [-0.39, 0.29) is 5.57 Å².